The molecule has 10 aromatic rings. The minimum atomic E-state index is 0.686. The zero-order chi connectivity index (χ0) is 36.6. The molecule has 0 aliphatic rings. The third-order valence-electron chi connectivity index (χ3n) is 9.91. The summed E-state index contributed by atoms with van der Waals surface area (Å²) in [6.07, 6.45) is 3.62. The van der Waals surface area contributed by atoms with Crippen molar-refractivity contribution >= 4 is 31.8 Å². The number of thiophene rings is 1. The molecular formula is C49H31N5S. The predicted molar refractivity (Wildman–Crippen MR) is 226 cm³/mol. The summed E-state index contributed by atoms with van der Waals surface area (Å²) in [5.74, 6) is 0.686. The van der Waals surface area contributed by atoms with E-state index in [1.807, 2.05) is 36.5 Å². The van der Waals surface area contributed by atoms with Gasteiger partial charge in [0, 0.05) is 39.4 Å². The zero-order valence-electron chi connectivity index (χ0n) is 29.5. The topological polar surface area (TPSA) is 64.5 Å². The van der Waals surface area contributed by atoms with Crippen LogP contribution in [-0.2, 0) is 0 Å². The molecule has 0 unspecified atom stereocenters. The molecule has 4 aromatic heterocycles. The van der Waals surface area contributed by atoms with Crippen LogP contribution in [0, 0.1) is 0 Å². The Morgan fingerprint density at radius 1 is 0.364 bits per heavy atom. The molecule has 0 amide bonds. The van der Waals surface area contributed by atoms with Crippen LogP contribution >= 0.6 is 11.3 Å². The molecule has 6 heteroatoms. The predicted octanol–water partition coefficient (Wildman–Crippen LogP) is 12.7. The highest BCUT2D eigenvalue weighted by molar-refractivity contribution is 7.25. The number of nitrogens with zero attached hydrogens (tertiary/aromatic N) is 5. The largest absolute Gasteiger partial charge is 0.245 e. The van der Waals surface area contributed by atoms with Gasteiger partial charge in [0.1, 0.15) is 11.2 Å². The Kier molecular flexibility index (Phi) is 8.28. The Bertz CT molecular complexity index is 2940. The Morgan fingerprint density at radius 2 is 0.873 bits per heavy atom. The number of hydrogen-bond donors (Lipinski definition) is 0. The van der Waals surface area contributed by atoms with Crippen molar-refractivity contribution < 1.29 is 0 Å². The van der Waals surface area contributed by atoms with Crippen molar-refractivity contribution in [2.24, 2.45) is 0 Å². The summed E-state index contributed by atoms with van der Waals surface area (Å²) >= 11 is 1.63. The van der Waals surface area contributed by atoms with Crippen LogP contribution in [0.15, 0.2) is 188 Å². The maximum atomic E-state index is 5.06. The van der Waals surface area contributed by atoms with Crippen molar-refractivity contribution in [3.8, 4) is 78.5 Å². The molecule has 0 atom stereocenters. The quantitative estimate of drug-likeness (QED) is 0.164. The van der Waals surface area contributed by atoms with Crippen molar-refractivity contribution in [1.82, 2.24) is 24.9 Å². The molecule has 0 N–H and O–H groups in total. The second-order valence-corrected chi connectivity index (χ2v) is 14.4. The van der Waals surface area contributed by atoms with Crippen molar-refractivity contribution in [3.05, 3.63) is 188 Å². The molecule has 0 spiro atoms. The Hall–Kier alpha value is -7.15. The molecule has 0 aliphatic carbocycles. The number of rotatable bonds is 7. The molecule has 0 radical (unpaired) electrons. The van der Waals surface area contributed by atoms with Gasteiger partial charge in [0.2, 0.25) is 0 Å². The highest BCUT2D eigenvalue weighted by Gasteiger charge is 2.16. The first kappa shape index (κ1) is 32.5. The molecule has 0 aliphatic heterocycles. The summed E-state index contributed by atoms with van der Waals surface area (Å²) < 4.78 is 1.02. The van der Waals surface area contributed by atoms with Crippen LogP contribution in [0.5, 0.6) is 0 Å². The molecule has 4 heterocycles. The molecule has 6 aromatic carbocycles. The average Bonchev–Trinajstić information content (AvgIpc) is 3.66. The molecule has 0 bridgehead atoms. The van der Waals surface area contributed by atoms with E-state index in [2.05, 4.69) is 146 Å². The van der Waals surface area contributed by atoms with E-state index in [0.29, 0.717) is 5.82 Å². The number of fused-ring (bicyclic) bond motifs is 3. The van der Waals surface area contributed by atoms with Gasteiger partial charge in [-0.3, -0.25) is 0 Å². The van der Waals surface area contributed by atoms with E-state index < -0.39 is 0 Å². The van der Waals surface area contributed by atoms with Gasteiger partial charge < -0.3 is 0 Å². The summed E-state index contributed by atoms with van der Waals surface area (Å²) in [6, 6.07) is 61.0. The lowest BCUT2D eigenvalue weighted by Gasteiger charge is -2.11. The van der Waals surface area contributed by atoms with E-state index in [1.54, 1.807) is 17.7 Å². The van der Waals surface area contributed by atoms with Crippen molar-refractivity contribution in [2.75, 3.05) is 0 Å². The maximum absolute atomic E-state index is 5.06. The van der Waals surface area contributed by atoms with E-state index >= 15 is 0 Å². The minimum Gasteiger partial charge on any atom is -0.245 e. The fourth-order valence-corrected chi connectivity index (χ4v) is 8.15. The Balaban J connectivity index is 0.998. The lowest BCUT2D eigenvalue weighted by atomic mass is 9.99. The molecule has 0 fully saturated rings. The van der Waals surface area contributed by atoms with Crippen LogP contribution in [0.25, 0.3) is 99.0 Å². The van der Waals surface area contributed by atoms with Gasteiger partial charge in [-0.05, 0) is 46.0 Å². The van der Waals surface area contributed by atoms with Crippen LogP contribution in [0.2, 0.25) is 0 Å². The molecular weight excluding hydrogens is 691 g/mol. The van der Waals surface area contributed by atoms with Crippen molar-refractivity contribution in [3.63, 3.8) is 0 Å². The van der Waals surface area contributed by atoms with Gasteiger partial charge in [-0.15, -0.1) is 11.3 Å². The van der Waals surface area contributed by atoms with E-state index in [4.69, 9.17) is 24.9 Å². The SMILES string of the molecule is c1ccc(-c2ccc(-c3cc(-c4ccc(-c5ncnc6c5sc5ncc(-c7cccc(-c8ccccc8)c7)cc56)cc4)nc(-c4ccccc4)n3)cc2)cc1. The van der Waals surface area contributed by atoms with Crippen molar-refractivity contribution in [2.45, 2.75) is 0 Å². The third kappa shape index (κ3) is 6.35. The van der Waals surface area contributed by atoms with Gasteiger partial charge in [-0.2, -0.15) is 0 Å². The number of benzene rings is 6. The van der Waals surface area contributed by atoms with Crippen LogP contribution in [0.1, 0.15) is 0 Å². The van der Waals surface area contributed by atoms with Crippen LogP contribution in [-0.4, -0.2) is 24.9 Å². The molecule has 5 nitrogen and oxygen atoms in total. The normalized spacial score (nSPS) is 11.3. The fourth-order valence-electron chi connectivity index (χ4n) is 7.06. The molecule has 10 rings (SSSR count). The summed E-state index contributed by atoms with van der Waals surface area (Å²) in [4.78, 5) is 25.5. The highest BCUT2D eigenvalue weighted by Crippen LogP contribution is 2.39. The van der Waals surface area contributed by atoms with Gasteiger partial charge in [0.15, 0.2) is 5.82 Å². The van der Waals surface area contributed by atoms with Crippen LogP contribution in [0.4, 0.5) is 0 Å². The lowest BCUT2D eigenvalue weighted by molar-refractivity contribution is 1.18. The second kappa shape index (κ2) is 14.0. The average molecular weight is 722 g/mol. The van der Waals surface area contributed by atoms with Gasteiger partial charge >= 0.3 is 0 Å². The van der Waals surface area contributed by atoms with E-state index in [0.717, 1.165) is 70.9 Å². The number of aromatic nitrogens is 5. The smallest absolute Gasteiger partial charge is 0.160 e. The molecule has 0 saturated carbocycles. The van der Waals surface area contributed by atoms with E-state index in [9.17, 15) is 0 Å². The first-order valence-electron chi connectivity index (χ1n) is 18.1. The van der Waals surface area contributed by atoms with Crippen LogP contribution in [0.3, 0.4) is 0 Å². The summed E-state index contributed by atoms with van der Waals surface area (Å²) in [7, 11) is 0. The zero-order valence-corrected chi connectivity index (χ0v) is 30.4. The van der Waals surface area contributed by atoms with Gasteiger partial charge in [0.05, 0.1) is 27.3 Å². The van der Waals surface area contributed by atoms with E-state index in [-0.39, 0.29) is 0 Å². The Morgan fingerprint density at radius 3 is 1.51 bits per heavy atom. The first-order valence-corrected chi connectivity index (χ1v) is 19.0. The molecule has 258 valence electrons. The van der Waals surface area contributed by atoms with Gasteiger partial charge in [-0.25, -0.2) is 24.9 Å². The standard InChI is InChI=1S/C49H31N5S/c1-4-11-32(12-5-1)34-19-21-35(22-20-34)43-29-44(54-48(53-43)38-15-8-3-9-16-38)36-23-25-37(26-24-36)45-47-46(52-31-51-45)42-28-41(30-50-49(42)55-47)40-18-10-17-39(27-40)33-13-6-2-7-14-33/h1-31H. The molecule has 55 heavy (non-hydrogen) atoms. The lowest BCUT2D eigenvalue weighted by Crippen LogP contribution is -1.96. The third-order valence-corrected chi connectivity index (χ3v) is 11.0. The number of hydrogen-bond acceptors (Lipinski definition) is 6. The van der Waals surface area contributed by atoms with Gasteiger partial charge in [0.25, 0.3) is 0 Å². The Labute approximate surface area is 322 Å². The van der Waals surface area contributed by atoms with Gasteiger partial charge in [-0.1, -0.05) is 158 Å². The van der Waals surface area contributed by atoms with Crippen LogP contribution < -0.4 is 0 Å². The molecule has 0 saturated heterocycles. The summed E-state index contributed by atoms with van der Waals surface area (Å²) in [5.41, 5.74) is 14.4. The monoisotopic (exact) mass is 721 g/mol. The van der Waals surface area contributed by atoms with Crippen molar-refractivity contribution in [1.29, 1.82) is 0 Å². The first-order chi connectivity index (χ1) is 27.2. The minimum absolute atomic E-state index is 0.686. The summed E-state index contributed by atoms with van der Waals surface area (Å²) in [6.45, 7) is 0. The summed E-state index contributed by atoms with van der Waals surface area (Å²) in [5, 5.41) is 1.03. The van der Waals surface area contributed by atoms with E-state index in [1.165, 1.54) is 22.3 Å². The maximum Gasteiger partial charge on any atom is 0.160 e. The number of pyridine rings is 1. The second-order valence-electron chi connectivity index (χ2n) is 13.4. The fraction of sp³-hybridized carbons (Fsp3) is 0. The highest BCUT2D eigenvalue weighted by atomic mass is 32.1.